The monoisotopic (exact) mass is 503 g/mol. The first kappa shape index (κ1) is 24.6. The van der Waals surface area contributed by atoms with Gasteiger partial charge < -0.3 is 10.2 Å². The summed E-state index contributed by atoms with van der Waals surface area (Å²) in [7, 11) is 1.87. The van der Waals surface area contributed by atoms with Crippen LogP contribution >= 0.6 is 23.5 Å². The molecule has 0 spiro atoms. The van der Waals surface area contributed by atoms with Gasteiger partial charge in [-0.1, -0.05) is 42.1 Å². The maximum absolute atomic E-state index is 13.7. The predicted molar refractivity (Wildman–Crippen MR) is 143 cm³/mol. The molecule has 0 saturated carbocycles. The van der Waals surface area contributed by atoms with Crippen LogP contribution in [0.15, 0.2) is 74.1 Å². The summed E-state index contributed by atoms with van der Waals surface area (Å²) in [5.41, 5.74) is 3.68. The van der Waals surface area contributed by atoms with Gasteiger partial charge in [0.05, 0.1) is 39.5 Å². The van der Waals surface area contributed by atoms with E-state index in [1.807, 2.05) is 62.2 Å². The molecule has 0 atom stereocenters. The number of benzene rings is 2. The smallest absolute Gasteiger partial charge is 0.269 e. The van der Waals surface area contributed by atoms with E-state index in [9.17, 15) is 14.9 Å². The first-order valence-electron chi connectivity index (χ1n) is 11.1. The molecule has 2 aromatic rings. The number of Topliss-reactive ketones (excluding diaryl/α,β-unsaturated/α-hetero) is 1. The quantitative estimate of drug-likeness (QED) is 0.527. The predicted octanol–water partition coefficient (Wildman–Crippen LogP) is 5.42. The van der Waals surface area contributed by atoms with Crippen LogP contribution in [-0.2, 0) is 16.1 Å². The van der Waals surface area contributed by atoms with Gasteiger partial charge in [0.15, 0.2) is 11.0 Å². The van der Waals surface area contributed by atoms with Crippen LogP contribution in [0, 0.1) is 11.3 Å². The van der Waals surface area contributed by atoms with Gasteiger partial charge in [0.1, 0.15) is 4.91 Å². The summed E-state index contributed by atoms with van der Waals surface area (Å²) in [5.74, 6) is -0.185. The van der Waals surface area contributed by atoms with Gasteiger partial charge in [0.25, 0.3) is 5.91 Å². The highest BCUT2D eigenvalue weighted by molar-refractivity contribution is 8.19. The zero-order valence-electron chi connectivity index (χ0n) is 20.0. The molecule has 9 heteroatoms. The topological polar surface area (TPSA) is 88.8 Å². The minimum absolute atomic E-state index is 0.0240. The number of allylic oxidation sites excluding steroid dienone is 2. The van der Waals surface area contributed by atoms with Crippen LogP contribution in [0.1, 0.15) is 31.9 Å². The van der Waals surface area contributed by atoms with E-state index >= 15 is 0 Å². The Hall–Kier alpha value is -3.48. The molecule has 35 heavy (non-hydrogen) atoms. The number of nitrogens with zero attached hydrogens (tertiary/aromatic N) is 4. The maximum Gasteiger partial charge on any atom is 0.269 e. The van der Waals surface area contributed by atoms with Crippen LogP contribution in [0.2, 0.25) is 0 Å². The summed E-state index contributed by atoms with van der Waals surface area (Å²) < 4.78 is 0. The highest BCUT2D eigenvalue weighted by atomic mass is 32.2. The molecule has 0 aromatic heterocycles. The van der Waals surface area contributed by atoms with Crippen LogP contribution in [0.25, 0.3) is 0 Å². The molecule has 2 aromatic carbocycles. The van der Waals surface area contributed by atoms with Crippen LogP contribution in [0.3, 0.4) is 0 Å². The molecule has 0 unspecified atom stereocenters. The fraction of sp³-hybridized carbons (Fsp3) is 0.231. The first-order chi connectivity index (χ1) is 16.8. The van der Waals surface area contributed by atoms with Gasteiger partial charge >= 0.3 is 0 Å². The molecular weight excluding hydrogens is 478 g/mol. The van der Waals surface area contributed by atoms with Gasteiger partial charge in [-0.25, -0.2) is 4.99 Å². The second kappa shape index (κ2) is 10.4. The van der Waals surface area contributed by atoms with E-state index in [-0.39, 0.29) is 11.7 Å². The molecule has 1 amide bonds. The number of nitrogens with one attached hydrogen (secondary N) is 1. The Balaban J connectivity index is 1.81. The number of hydrogen-bond acceptors (Lipinski definition) is 8. The lowest BCUT2D eigenvalue weighted by Crippen LogP contribution is -2.29. The van der Waals surface area contributed by atoms with Crippen molar-refractivity contribution in [3.63, 3.8) is 0 Å². The third-order valence-electron chi connectivity index (χ3n) is 5.61. The largest absolute Gasteiger partial charge is 0.384 e. The van der Waals surface area contributed by atoms with Crippen LogP contribution < -0.4 is 5.32 Å². The number of amidine groups is 1. The average Bonchev–Trinajstić information content (AvgIpc) is 3.31. The van der Waals surface area contributed by atoms with Crippen LogP contribution in [0.4, 0.5) is 11.4 Å². The zero-order chi connectivity index (χ0) is 25.1. The number of rotatable bonds is 6. The summed E-state index contributed by atoms with van der Waals surface area (Å²) in [4.78, 5) is 35.4. The molecule has 4 rings (SSSR count). The number of carbonyl (C=O) groups is 2. The third-order valence-corrected chi connectivity index (χ3v) is 8.26. The van der Waals surface area contributed by atoms with E-state index in [1.165, 1.54) is 30.4 Å². The molecule has 1 fully saturated rings. The van der Waals surface area contributed by atoms with E-state index < -0.39 is 0 Å². The number of thioether (sulfide) groups is 2. The van der Waals surface area contributed by atoms with Gasteiger partial charge in [-0.3, -0.25) is 14.5 Å². The van der Waals surface area contributed by atoms with Crippen molar-refractivity contribution in [2.45, 2.75) is 27.3 Å². The number of aliphatic imine (C=N–C) groups is 1. The zero-order valence-corrected chi connectivity index (χ0v) is 21.6. The lowest BCUT2D eigenvalue weighted by molar-refractivity contribution is -0.122. The van der Waals surface area contributed by atoms with Crippen molar-refractivity contribution >= 4 is 51.8 Å². The summed E-state index contributed by atoms with van der Waals surface area (Å²) >= 11 is 2.62. The molecule has 2 heterocycles. The Morgan fingerprint density at radius 1 is 1.17 bits per heavy atom. The van der Waals surface area contributed by atoms with E-state index in [4.69, 9.17) is 4.99 Å². The minimum atomic E-state index is -0.161. The normalized spacial score (nSPS) is 19.1. The highest BCUT2D eigenvalue weighted by Crippen LogP contribution is 2.47. The molecular formula is C26H25N5O2S2. The molecule has 7 nitrogen and oxygen atoms in total. The summed E-state index contributed by atoms with van der Waals surface area (Å²) in [6, 6.07) is 17.2. The van der Waals surface area contributed by atoms with Gasteiger partial charge in [-0.15, -0.1) is 0 Å². The van der Waals surface area contributed by atoms with E-state index in [2.05, 4.69) is 11.4 Å². The summed E-state index contributed by atoms with van der Waals surface area (Å²) in [5, 5.41) is 13.9. The Labute approximate surface area is 213 Å². The molecule has 1 N–H and O–H groups in total. The van der Waals surface area contributed by atoms with Crippen molar-refractivity contribution < 1.29 is 9.59 Å². The SMILES string of the molecule is CCNc1ccc(C#N)cc1/N=C1\S/C(=C2\SC(C(C)=O)=C(C)N2C)C(=O)N1Cc1ccccc1. The second-order valence-electron chi connectivity index (χ2n) is 8.01. The van der Waals surface area contributed by atoms with E-state index in [0.29, 0.717) is 39.3 Å². The van der Waals surface area contributed by atoms with Crippen LogP contribution in [-0.4, -0.2) is 40.3 Å². The fourth-order valence-electron chi connectivity index (χ4n) is 3.73. The van der Waals surface area contributed by atoms with E-state index in [1.54, 1.807) is 17.0 Å². The van der Waals surface area contributed by atoms with Crippen molar-refractivity contribution in [1.82, 2.24) is 9.80 Å². The van der Waals surface area contributed by atoms with Crippen molar-refractivity contribution in [3.8, 4) is 6.07 Å². The number of carbonyl (C=O) groups excluding carboxylic acids is 2. The Morgan fingerprint density at radius 2 is 1.91 bits per heavy atom. The van der Waals surface area contributed by atoms with Crippen molar-refractivity contribution in [2.75, 3.05) is 18.9 Å². The maximum atomic E-state index is 13.7. The Morgan fingerprint density at radius 3 is 2.54 bits per heavy atom. The van der Waals surface area contributed by atoms with Crippen molar-refractivity contribution in [2.24, 2.45) is 4.99 Å². The van der Waals surface area contributed by atoms with Gasteiger partial charge in [0, 0.05) is 19.3 Å². The fourth-order valence-corrected chi connectivity index (χ4v) is 6.06. The van der Waals surface area contributed by atoms with Crippen molar-refractivity contribution in [1.29, 1.82) is 5.26 Å². The van der Waals surface area contributed by atoms with Gasteiger partial charge in [-0.05, 0) is 56.3 Å². The number of amides is 1. The standard InChI is InChI=1S/C26H25N5O2S2/c1-5-28-20-12-11-19(14-27)13-21(20)29-26-31(15-18-9-7-6-8-10-18)24(33)23(35-26)25-30(4)16(2)22(34-25)17(3)32/h6-13,28H,5,15H2,1-4H3/b25-23-,29-26-. The second-order valence-corrected chi connectivity index (χ2v) is 9.99. The minimum Gasteiger partial charge on any atom is -0.384 e. The number of ketones is 1. The molecule has 2 aliphatic rings. The van der Waals surface area contributed by atoms with Crippen molar-refractivity contribution in [3.05, 3.63) is 80.2 Å². The van der Waals surface area contributed by atoms with E-state index in [0.717, 1.165) is 22.0 Å². The third kappa shape index (κ3) is 4.99. The summed E-state index contributed by atoms with van der Waals surface area (Å²) in [6.45, 7) is 6.46. The molecule has 0 radical (unpaired) electrons. The molecule has 0 bridgehead atoms. The highest BCUT2D eigenvalue weighted by Gasteiger charge is 2.39. The number of anilines is 1. The Kier molecular flexibility index (Phi) is 7.34. The van der Waals surface area contributed by atoms with Gasteiger partial charge in [-0.2, -0.15) is 5.26 Å². The Bertz CT molecular complexity index is 1320. The lowest BCUT2D eigenvalue weighted by atomic mass is 10.2. The number of hydrogen-bond donors (Lipinski definition) is 1. The molecule has 178 valence electrons. The number of nitriles is 1. The van der Waals surface area contributed by atoms with Crippen LogP contribution in [0.5, 0.6) is 0 Å². The van der Waals surface area contributed by atoms with Gasteiger partial charge in [0.2, 0.25) is 0 Å². The molecule has 2 aliphatic heterocycles. The first-order valence-corrected chi connectivity index (χ1v) is 12.7. The molecule has 1 saturated heterocycles. The summed E-state index contributed by atoms with van der Waals surface area (Å²) in [6.07, 6.45) is 0. The average molecular weight is 504 g/mol. The molecule has 0 aliphatic carbocycles. The lowest BCUT2D eigenvalue weighted by Gasteiger charge is -2.17.